The first-order chi connectivity index (χ1) is 9.81. The number of hydrogen-bond donors (Lipinski definition) is 1. The van der Waals surface area contributed by atoms with Crippen LogP contribution in [-0.4, -0.2) is 0 Å². The molecule has 21 heavy (non-hydrogen) atoms. The summed E-state index contributed by atoms with van der Waals surface area (Å²) in [6.45, 7) is 8.58. The molecular formula is C18H20N2O. The molecule has 0 heterocycles. The first-order valence-corrected chi connectivity index (χ1v) is 6.90. The minimum atomic E-state index is 0.113. The fourth-order valence-electron chi connectivity index (χ4n) is 2.06. The van der Waals surface area contributed by atoms with Crippen LogP contribution in [0.15, 0.2) is 36.4 Å². The van der Waals surface area contributed by atoms with Crippen LogP contribution in [0.3, 0.4) is 0 Å². The average molecular weight is 280 g/mol. The van der Waals surface area contributed by atoms with E-state index in [-0.39, 0.29) is 5.41 Å². The second kappa shape index (κ2) is 5.49. The number of rotatable bonds is 2. The van der Waals surface area contributed by atoms with Crippen molar-refractivity contribution in [2.75, 3.05) is 5.73 Å². The van der Waals surface area contributed by atoms with Crippen molar-refractivity contribution < 1.29 is 4.74 Å². The number of nitrogen functional groups attached to an aromatic ring is 1. The molecule has 0 amide bonds. The molecule has 0 saturated carbocycles. The summed E-state index contributed by atoms with van der Waals surface area (Å²) in [6, 6.07) is 13.3. The van der Waals surface area contributed by atoms with Gasteiger partial charge in [0, 0.05) is 6.07 Å². The van der Waals surface area contributed by atoms with Gasteiger partial charge in [0.05, 0.1) is 11.3 Å². The van der Waals surface area contributed by atoms with Gasteiger partial charge in [-0.1, -0.05) is 32.9 Å². The van der Waals surface area contributed by atoms with Gasteiger partial charge in [-0.3, -0.25) is 0 Å². The smallest absolute Gasteiger partial charge is 0.130 e. The maximum atomic E-state index is 8.88. The third-order valence-corrected chi connectivity index (χ3v) is 3.41. The monoisotopic (exact) mass is 280 g/mol. The third kappa shape index (κ3) is 3.35. The van der Waals surface area contributed by atoms with Crippen LogP contribution < -0.4 is 10.5 Å². The lowest BCUT2D eigenvalue weighted by molar-refractivity contribution is 0.477. The van der Waals surface area contributed by atoms with Gasteiger partial charge in [-0.15, -0.1) is 0 Å². The second-order valence-corrected chi connectivity index (χ2v) is 6.19. The van der Waals surface area contributed by atoms with E-state index in [0.717, 1.165) is 11.3 Å². The molecule has 0 aromatic heterocycles. The van der Waals surface area contributed by atoms with Crippen molar-refractivity contribution in [1.29, 1.82) is 5.26 Å². The van der Waals surface area contributed by atoms with Gasteiger partial charge in [-0.2, -0.15) is 5.26 Å². The zero-order valence-corrected chi connectivity index (χ0v) is 12.9. The molecule has 0 atom stereocenters. The van der Waals surface area contributed by atoms with E-state index in [1.54, 1.807) is 18.2 Å². The van der Waals surface area contributed by atoms with Gasteiger partial charge >= 0.3 is 0 Å². The van der Waals surface area contributed by atoms with Crippen molar-refractivity contribution in [2.45, 2.75) is 33.1 Å². The molecule has 0 aliphatic heterocycles. The Balaban J connectivity index is 2.28. The van der Waals surface area contributed by atoms with Crippen molar-refractivity contribution in [1.82, 2.24) is 0 Å². The molecule has 0 saturated heterocycles. The van der Waals surface area contributed by atoms with E-state index in [1.807, 2.05) is 19.1 Å². The summed E-state index contributed by atoms with van der Waals surface area (Å²) >= 11 is 0. The van der Waals surface area contributed by atoms with E-state index >= 15 is 0 Å². The number of nitrogens with zero attached hydrogens (tertiary/aromatic N) is 1. The standard InChI is InChI=1S/C18H20N2O/c1-12-9-14(18(2,3)4)6-8-17(12)21-15-7-5-13(11-19)16(20)10-15/h5-10H,20H2,1-4H3. The van der Waals surface area contributed by atoms with Crippen LogP contribution in [0.4, 0.5) is 5.69 Å². The minimum Gasteiger partial charge on any atom is -0.457 e. The van der Waals surface area contributed by atoms with E-state index in [2.05, 4.69) is 32.9 Å². The van der Waals surface area contributed by atoms with Gasteiger partial charge in [0.25, 0.3) is 0 Å². The molecule has 2 aromatic carbocycles. The number of ether oxygens (including phenoxy) is 1. The fourth-order valence-corrected chi connectivity index (χ4v) is 2.06. The maximum absolute atomic E-state index is 8.88. The van der Waals surface area contributed by atoms with Gasteiger partial charge in [0.1, 0.15) is 17.6 Å². The van der Waals surface area contributed by atoms with Crippen molar-refractivity contribution in [3.8, 4) is 17.6 Å². The molecule has 3 heteroatoms. The summed E-state index contributed by atoms with van der Waals surface area (Å²) in [4.78, 5) is 0. The van der Waals surface area contributed by atoms with Crippen molar-refractivity contribution >= 4 is 5.69 Å². The quantitative estimate of drug-likeness (QED) is 0.822. The predicted octanol–water partition coefficient (Wildman–Crippen LogP) is 4.54. The fraction of sp³-hybridized carbons (Fsp3) is 0.278. The number of nitriles is 1. The highest BCUT2D eigenvalue weighted by molar-refractivity contribution is 5.57. The first kappa shape index (κ1) is 14.9. The molecule has 2 aromatic rings. The Morgan fingerprint density at radius 1 is 1.10 bits per heavy atom. The number of anilines is 1. The Bertz CT molecular complexity index is 706. The van der Waals surface area contributed by atoms with E-state index in [0.29, 0.717) is 17.0 Å². The van der Waals surface area contributed by atoms with Gasteiger partial charge < -0.3 is 10.5 Å². The predicted molar refractivity (Wildman–Crippen MR) is 85.5 cm³/mol. The zero-order valence-electron chi connectivity index (χ0n) is 12.9. The summed E-state index contributed by atoms with van der Waals surface area (Å²) < 4.78 is 5.87. The van der Waals surface area contributed by atoms with E-state index < -0.39 is 0 Å². The first-order valence-electron chi connectivity index (χ1n) is 6.90. The molecule has 108 valence electrons. The average Bonchev–Trinajstić information content (AvgIpc) is 2.40. The molecule has 0 spiro atoms. The van der Waals surface area contributed by atoms with Gasteiger partial charge in [0.2, 0.25) is 0 Å². The molecule has 2 N–H and O–H groups in total. The van der Waals surface area contributed by atoms with Crippen molar-refractivity contribution in [2.24, 2.45) is 0 Å². The lowest BCUT2D eigenvalue weighted by Crippen LogP contribution is -2.11. The molecule has 0 unspecified atom stereocenters. The number of nitrogens with two attached hydrogens (primary N) is 1. The third-order valence-electron chi connectivity index (χ3n) is 3.41. The highest BCUT2D eigenvalue weighted by Gasteiger charge is 2.15. The molecule has 0 radical (unpaired) electrons. The van der Waals surface area contributed by atoms with E-state index in [9.17, 15) is 0 Å². The van der Waals surface area contributed by atoms with Gasteiger partial charge in [-0.25, -0.2) is 0 Å². The molecule has 3 nitrogen and oxygen atoms in total. The van der Waals surface area contributed by atoms with E-state index in [1.165, 1.54) is 5.56 Å². The zero-order chi connectivity index (χ0) is 15.6. The van der Waals surface area contributed by atoms with Crippen LogP contribution in [0.5, 0.6) is 11.5 Å². The summed E-state index contributed by atoms with van der Waals surface area (Å²) in [6.07, 6.45) is 0. The normalized spacial score (nSPS) is 11.0. The number of benzene rings is 2. The Morgan fingerprint density at radius 3 is 2.33 bits per heavy atom. The highest BCUT2D eigenvalue weighted by Crippen LogP contribution is 2.31. The Labute approximate surface area is 126 Å². The summed E-state index contributed by atoms with van der Waals surface area (Å²) in [5.74, 6) is 1.44. The molecule has 0 bridgehead atoms. The molecule has 0 aliphatic carbocycles. The van der Waals surface area contributed by atoms with Gasteiger partial charge in [-0.05, 0) is 41.7 Å². The highest BCUT2D eigenvalue weighted by atomic mass is 16.5. The Hall–Kier alpha value is -2.47. The Kier molecular flexibility index (Phi) is 3.90. The molecular weight excluding hydrogens is 260 g/mol. The lowest BCUT2D eigenvalue weighted by Gasteiger charge is -2.20. The van der Waals surface area contributed by atoms with Crippen LogP contribution in [0.25, 0.3) is 0 Å². The Morgan fingerprint density at radius 2 is 1.81 bits per heavy atom. The molecule has 2 rings (SSSR count). The van der Waals surface area contributed by atoms with Crippen LogP contribution in [0.2, 0.25) is 0 Å². The minimum absolute atomic E-state index is 0.113. The number of hydrogen-bond acceptors (Lipinski definition) is 3. The largest absolute Gasteiger partial charge is 0.457 e. The van der Waals surface area contributed by atoms with Crippen molar-refractivity contribution in [3.05, 3.63) is 53.1 Å². The maximum Gasteiger partial charge on any atom is 0.130 e. The van der Waals surface area contributed by atoms with Crippen molar-refractivity contribution in [3.63, 3.8) is 0 Å². The second-order valence-electron chi connectivity index (χ2n) is 6.19. The van der Waals surface area contributed by atoms with Gasteiger partial charge in [0.15, 0.2) is 0 Å². The number of aryl methyl sites for hydroxylation is 1. The molecule has 0 aliphatic rings. The lowest BCUT2D eigenvalue weighted by atomic mass is 9.86. The summed E-state index contributed by atoms with van der Waals surface area (Å²) in [5.41, 5.74) is 9.15. The topological polar surface area (TPSA) is 59.0 Å². The van der Waals surface area contributed by atoms with Crippen LogP contribution in [0.1, 0.15) is 37.5 Å². The van der Waals surface area contributed by atoms with E-state index in [4.69, 9.17) is 15.7 Å². The van der Waals surface area contributed by atoms with Crippen LogP contribution in [0, 0.1) is 18.3 Å². The summed E-state index contributed by atoms with van der Waals surface area (Å²) in [7, 11) is 0. The van der Waals surface area contributed by atoms with Crippen LogP contribution >= 0.6 is 0 Å². The van der Waals surface area contributed by atoms with Crippen LogP contribution in [-0.2, 0) is 5.41 Å². The SMILES string of the molecule is Cc1cc(C(C)(C)C)ccc1Oc1ccc(C#N)c(N)c1. The molecule has 0 fully saturated rings. The summed E-state index contributed by atoms with van der Waals surface area (Å²) in [5, 5.41) is 8.88.